The van der Waals surface area contributed by atoms with E-state index in [0.29, 0.717) is 11.4 Å². The van der Waals surface area contributed by atoms with Crippen LogP contribution in [0.2, 0.25) is 0 Å². The molecule has 0 fully saturated rings. The van der Waals surface area contributed by atoms with Gasteiger partial charge in [0.2, 0.25) is 6.10 Å². The van der Waals surface area contributed by atoms with Crippen molar-refractivity contribution in [2.75, 3.05) is 11.5 Å². The molecule has 0 aliphatic heterocycles. The van der Waals surface area contributed by atoms with E-state index in [1.807, 2.05) is 0 Å². The molecule has 15 nitrogen and oxygen atoms in total. The number of phenolic OH excluding ortho intramolecular Hbond substituents is 4. The molecule has 0 bridgehead atoms. The minimum absolute atomic E-state index is 0.149. The third-order valence-electron chi connectivity index (χ3n) is 3.53. The van der Waals surface area contributed by atoms with Crippen molar-refractivity contribution in [3.8, 4) is 23.0 Å². The number of aromatic hydroxyl groups is 4. The Morgan fingerprint density at radius 1 is 0.714 bits per heavy atom. The predicted molar refractivity (Wildman–Crippen MR) is 116 cm³/mol. The van der Waals surface area contributed by atoms with Crippen LogP contribution in [-0.4, -0.2) is 76.9 Å². The Morgan fingerprint density at radius 2 is 1.11 bits per heavy atom. The van der Waals surface area contributed by atoms with Crippen LogP contribution in [-0.2, 0) is 23.9 Å². The molecule has 0 heterocycles. The standard InChI is InChI=1S/C8H10O9.2C6H7NO2/c9-3(1-5(10)11)8(16)17-4(7(14)15)2-6(12)13;2*7-4-1-2-5(8)6(9)3-4/h3-4,9H,1-2H2,(H,10,11)(H,12,13)(H,14,15);2*1-3,8-9H,7H2. The van der Waals surface area contributed by atoms with Gasteiger partial charge in [-0.15, -0.1) is 0 Å². The second kappa shape index (κ2) is 14.3. The number of esters is 1. The number of rotatable bonds is 7. The van der Waals surface area contributed by atoms with E-state index >= 15 is 0 Å². The second-order valence-electron chi connectivity index (χ2n) is 6.47. The first-order chi connectivity index (χ1) is 16.1. The molecule has 0 aliphatic carbocycles. The molecule has 2 atom stereocenters. The average Bonchev–Trinajstić information content (AvgIpc) is 2.73. The normalized spacial score (nSPS) is 11.3. The van der Waals surface area contributed by atoms with Crippen molar-refractivity contribution < 1.29 is 64.8 Å². The van der Waals surface area contributed by atoms with Crippen molar-refractivity contribution >= 4 is 35.3 Å². The molecule has 12 N–H and O–H groups in total. The highest BCUT2D eigenvalue weighted by atomic mass is 16.6. The van der Waals surface area contributed by atoms with Crippen LogP contribution in [0.3, 0.4) is 0 Å². The van der Waals surface area contributed by atoms with Gasteiger partial charge in [0, 0.05) is 23.5 Å². The smallest absolute Gasteiger partial charge is 0.345 e. The second-order valence-corrected chi connectivity index (χ2v) is 6.47. The SMILES string of the molecule is Nc1ccc(O)c(O)c1.Nc1ccc(O)c(O)c1.O=C(O)CC(O)C(=O)OC(CC(=O)O)C(=O)O. The van der Waals surface area contributed by atoms with Gasteiger partial charge >= 0.3 is 23.9 Å². The Bertz CT molecular complexity index is 992. The monoisotopic (exact) mass is 500 g/mol. The lowest BCUT2D eigenvalue weighted by molar-refractivity contribution is -0.174. The molecule has 35 heavy (non-hydrogen) atoms. The Kier molecular flexibility index (Phi) is 12.3. The molecule has 2 rings (SSSR count). The number of hydrogen-bond donors (Lipinski definition) is 10. The van der Waals surface area contributed by atoms with Crippen molar-refractivity contribution in [3.63, 3.8) is 0 Å². The number of anilines is 2. The zero-order valence-electron chi connectivity index (χ0n) is 17.8. The van der Waals surface area contributed by atoms with Crippen LogP contribution in [0.1, 0.15) is 12.8 Å². The molecule has 15 heteroatoms. The highest BCUT2D eigenvalue weighted by Crippen LogP contribution is 2.26. The minimum atomic E-state index is -2.04. The maximum absolute atomic E-state index is 11.0. The molecule has 0 spiro atoms. The number of aliphatic hydroxyl groups is 1. The summed E-state index contributed by atoms with van der Waals surface area (Å²) in [4.78, 5) is 41.8. The third kappa shape index (κ3) is 12.6. The van der Waals surface area contributed by atoms with Gasteiger partial charge in [0.05, 0.1) is 12.8 Å². The lowest BCUT2D eigenvalue weighted by atomic mass is 10.2. The summed E-state index contributed by atoms with van der Waals surface area (Å²) < 4.78 is 4.15. The number of carbonyl (C=O) groups is 4. The fraction of sp³-hybridized carbons (Fsp3) is 0.200. The molecule has 0 saturated carbocycles. The van der Waals surface area contributed by atoms with Crippen LogP contribution in [0, 0.1) is 0 Å². The van der Waals surface area contributed by atoms with Crippen LogP contribution in [0.25, 0.3) is 0 Å². The quantitative estimate of drug-likeness (QED) is 0.101. The summed E-state index contributed by atoms with van der Waals surface area (Å²) >= 11 is 0. The van der Waals surface area contributed by atoms with E-state index in [1.165, 1.54) is 36.4 Å². The Labute approximate surface area is 196 Å². The zero-order valence-corrected chi connectivity index (χ0v) is 17.8. The van der Waals surface area contributed by atoms with Crippen LogP contribution >= 0.6 is 0 Å². The number of aliphatic carboxylic acids is 3. The van der Waals surface area contributed by atoms with Gasteiger partial charge in [-0.2, -0.15) is 0 Å². The first-order valence-electron chi connectivity index (χ1n) is 9.23. The van der Waals surface area contributed by atoms with Crippen LogP contribution in [0.4, 0.5) is 11.4 Å². The molecular formula is C20H24N2O13. The van der Waals surface area contributed by atoms with Gasteiger partial charge in [-0.25, -0.2) is 9.59 Å². The van der Waals surface area contributed by atoms with Crippen molar-refractivity contribution in [3.05, 3.63) is 36.4 Å². The maximum atomic E-state index is 11.0. The van der Waals surface area contributed by atoms with E-state index in [-0.39, 0.29) is 23.0 Å². The number of carbonyl (C=O) groups excluding carboxylic acids is 1. The minimum Gasteiger partial charge on any atom is -0.504 e. The average molecular weight is 500 g/mol. The lowest BCUT2D eigenvalue weighted by Crippen LogP contribution is -2.35. The van der Waals surface area contributed by atoms with Gasteiger partial charge in [0.15, 0.2) is 29.1 Å². The van der Waals surface area contributed by atoms with E-state index in [4.69, 9.17) is 52.3 Å². The highest BCUT2D eigenvalue weighted by molar-refractivity contribution is 5.85. The van der Waals surface area contributed by atoms with E-state index in [1.54, 1.807) is 0 Å². The number of aliphatic hydroxyl groups excluding tert-OH is 1. The van der Waals surface area contributed by atoms with Crippen molar-refractivity contribution in [1.29, 1.82) is 0 Å². The summed E-state index contributed by atoms with van der Waals surface area (Å²) in [5.74, 6) is -6.87. The lowest BCUT2D eigenvalue weighted by Gasteiger charge is -2.13. The van der Waals surface area contributed by atoms with Gasteiger partial charge in [-0.3, -0.25) is 9.59 Å². The topological polar surface area (TPSA) is 291 Å². The molecule has 192 valence electrons. The summed E-state index contributed by atoms with van der Waals surface area (Å²) in [5.41, 5.74) is 11.4. The van der Waals surface area contributed by atoms with E-state index in [0.717, 1.165) is 0 Å². The number of nitrogen functional groups attached to an aromatic ring is 2. The van der Waals surface area contributed by atoms with Gasteiger partial charge in [0.1, 0.15) is 0 Å². The Morgan fingerprint density at radius 3 is 1.40 bits per heavy atom. The Hall–Kier alpha value is -4.92. The molecule has 0 aromatic heterocycles. The van der Waals surface area contributed by atoms with Crippen molar-refractivity contribution in [1.82, 2.24) is 0 Å². The third-order valence-corrected chi connectivity index (χ3v) is 3.53. The molecule has 2 aromatic rings. The number of carboxylic acids is 3. The number of benzene rings is 2. The van der Waals surface area contributed by atoms with E-state index in [2.05, 4.69) is 4.74 Å². The fourth-order valence-electron chi connectivity index (χ4n) is 1.89. The summed E-state index contributed by atoms with van der Waals surface area (Å²) in [5, 5.41) is 69.0. The molecule has 2 unspecified atom stereocenters. The van der Waals surface area contributed by atoms with Crippen LogP contribution in [0.15, 0.2) is 36.4 Å². The highest BCUT2D eigenvalue weighted by Gasteiger charge is 2.29. The fourth-order valence-corrected chi connectivity index (χ4v) is 1.89. The van der Waals surface area contributed by atoms with Crippen LogP contribution < -0.4 is 11.5 Å². The van der Waals surface area contributed by atoms with Gasteiger partial charge < -0.3 is 57.1 Å². The molecule has 0 aliphatic rings. The number of ether oxygens (including phenoxy) is 1. The molecular weight excluding hydrogens is 476 g/mol. The largest absolute Gasteiger partial charge is 0.504 e. The first kappa shape index (κ1) is 30.1. The summed E-state index contributed by atoms with van der Waals surface area (Å²) in [6, 6.07) is 8.27. The first-order valence-corrected chi connectivity index (χ1v) is 9.23. The number of carboxylic acid groups (broad SMARTS) is 3. The summed E-state index contributed by atoms with van der Waals surface area (Å²) in [6.07, 6.45) is -5.95. The zero-order chi connectivity index (χ0) is 27.3. The molecule has 0 saturated heterocycles. The van der Waals surface area contributed by atoms with Crippen molar-refractivity contribution in [2.24, 2.45) is 0 Å². The predicted octanol–water partition coefficient (Wildman–Crippen LogP) is -0.347. The number of hydrogen-bond acceptors (Lipinski definition) is 12. The van der Waals surface area contributed by atoms with E-state index in [9.17, 15) is 19.2 Å². The maximum Gasteiger partial charge on any atom is 0.345 e. The summed E-state index contributed by atoms with van der Waals surface area (Å²) in [7, 11) is 0. The molecule has 0 radical (unpaired) electrons. The van der Waals surface area contributed by atoms with E-state index < -0.39 is 48.9 Å². The van der Waals surface area contributed by atoms with Gasteiger partial charge in [-0.05, 0) is 24.3 Å². The summed E-state index contributed by atoms with van der Waals surface area (Å²) in [6.45, 7) is 0. The molecule has 0 amide bonds. The molecule has 2 aromatic carbocycles. The van der Waals surface area contributed by atoms with Crippen molar-refractivity contribution in [2.45, 2.75) is 25.0 Å². The van der Waals surface area contributed by atoms with Crippen LogP contribution in [0.5, 0.6) is 23.0 Å². The number of phenols is 4. The number of nitrogens with two attached hydrogens (primary N) is 2. The van der Waals surface area contributed by atoms with Gasteiger partial charge in [0.25, 0.3) is 0 Å². The Balaban J connectivity index is 0.000000538. The van der Waals surface area contributed by atoms with Gasteiger partial charge in [-0.1, -0.05) is 0 Å².